The van der Waals surface area contributed by atoms with Crippen molar-refractivity contribution in [2.45, 2.75) is 37.8 Å². The number of carbonyl (C=O) groups is 3. The molecule has 2 saturated carbocycles. The summed E-state index contributed by atoms with van der Waals surface area (Å²) in [5.41, 5.74) is 2.82. The maximum absolute atomic E-state index is 12.4. The first-order valence-electron chi connectivity index (χ1n) is 10.4. The number of thiophene rings is 1. The minimum absolute atomic E-state index is 0.0566. The van der Waals surface area contributed by atoms with Gasteiger partial charge in [0.05, 0.1) is 16.8 Å². The van der Waals surface area contributed by atoms with Crippen LogP contribution in [0.15, 0.2) is 29.4 Å². The van der Waals surface area contributed by atoms with E-state index in [1.54, 1.807) is 16.8 Å². The number of nitrogens with one attached hydrogen (secondary N) is 4. The summed E-state index contributed by atoms with van der Waals surface area (Å²) >= 11 is 1.39. The number of nitrogens with zero attached hydrogens (tertiary/aromatic N) is 3. The molecule has 4 heterocycles. The first-order chi connectivity index (χ1) is 15.5. The molecule has 4 N–H and O–H groups in total. The van der Waals surface area contributed by atoms with Crippen LogP contribution >= 0.6 is 11.3 Å². The Balaban J connectivity index is 1.40. The van der Waals surface area contributed by atoms with Crippen molar-refractivity contribution >= 4 is 46.7 Å². The van der Waals surface area contributed by atoms with Crippen LogP contribution in [0.25, 0.3) is 23.0 Å². The minimum atomic E-state index is -0.558. The summed E-state index contributed by atoms with van der Waals surface area (Å²) in [6, 6.07) is 3.90. The molecule has 32 heavy (non-hydrogen) atoms. The fourth-order valence-corrected chi connectivity index (χ4v) is 4.28. The SMILES string of the molecule is O=C1NC(=O)/C(=C/c2cnn3c(NC4CC4)cc(-c4csc(C(=O)NC5CC5)c4)nc23)N1. The largest absolute Gasteiger partial charge is 0.367 e. The van der Waals surface area contributed by atoms with Gasteiger partial charge < -0.3 is 16.0 Å². The van der Waals surface area contributed by atoms with Crippen LogP contribution in [0, 0.1) is 0 Å². The zero-order valence-electron chi connectivity index (χ0n) is 16.8. The van der Waals surface area contributed by atoms with Crippen LogP contribution in [0.4, 0.5) is 10.6 Å². The molecule has 3 aliphatic rings. The number of hydrogen-bond donors (Lipinski definition) is 4. The summed E-state index contributed by atoms with van der Waals surface area (Å²) in [6.45, 7) is 0. The van der Waals surface area contributed by atoms with Crippen molar-refractivity contribution in [1.29, 1.82) is 0 Å². The summed E-state index contributed by atoms with van der Waals surface area (Å²) in [6.07, 6.45) is 7.42. The van der Waals surface area contributed by atoms with Gasteiger partial charge in [0, 0.05) is 34.7 Å². The standard InChI is InChI=1S/C21H19N7O3S/c29-19-15(26-21(31)27-19)5-10-8-22-28-17(23-12-1-2-12)7-14(25-18(10)28)11-6-16(32-9-11)20(30)24-13-3-4-13/h5-9,12-13,23H,1-4H2,(H,24,30)(H2,26,27,29,31)/b15-5-. The number of rotatable bonds is 6. The second-order valence-electron chi connectivity index (χ2n) is 8.19. The molecule has 1 aliphatic heterocycles. The predicted octanol–water partition coefficient (Wildman–Crippen LogP) is 2.10. The van der Waals surface area contributed by atoms with Gasteiger partial charge in [-0.1, -0.05) is 0 Å². The zero-order valence-corrected chi connectivity index (χ0v) is 17.7. The average molecular weight is 449 g/mol. The Hall–Kier alpha value is -3.73. The summed E-state index contributed by atoms with van der Waals surface area (Å²) < 4.78 is 1.69. The third-order valence-electron chi connectivity index (χ3n) is 5.48. The molecule has 2 aliphatic carbocycles. The Labute approximate surface area is 186 Å². The number of aromatic nitrogens is 3. The number of hydrogen-bond acceptors (Lipinski definition) is 7. The highest BCUT2D eigenvalue weighted by molar-refractivity contribution is 7.12. The third-order valence-corrected chi connectivity index (χ3v) is 6.41. The number of anilines is 1. The number of amides is 4. The van der Waals surface area contributed by atoms with Crippen molar-refractivity contribution in [2.24, 2.45) is 0 Å². The van der Waals surface area contributed by atoms with Crippen molar-refractivity contribution in [2.75, 3.05) is 5.32 Å². The van der Waals surface area contributed by atoms with E-state index in [1.165, 1.54) is 11.3 Å². The van der Waals surface area contributed by atoms with E-state index in [1.807, 2.05) is 17.5 Å². The Bertz CT molecular complexity index is 1320. The van der Waals surface area contributed by atoms with Crippen LogP contribution in [-0.4, -0.2) is 44.5 Å². The number of fused-ring (bicyclic) bond motifs is 1. The lowest BCUT2D eigenvalue weighted by atomic mass is 10.2. The first-order valence-corrected chi connectivity index (χ1v) is 11.3. The number of carbonyl (C=O) groups excluding carboxylic acids is 3. The van der Waals surface area contributed by atoms with Crippen molar-refractivity contribution in [1.82, 2.24) is 30.5 Å². The topological polar surface area (TPSA) is 130 Å². The molecular weight excluding hydrogens is 430 g/mol. The van der Waals surface area contributed by atoms with Crippen LogP contribution < -0.4 is 21.3 Å². The third kappa shape index (κ3) is 3.60. The van der Waals surface area contributed by atoms with Gasteiger partial charge in [-0.25, -0.2) is 9.78 Å². The van der Waals surface area contributed by atoms with Gasteiger partial charge in [-0.05, 0) is 37.8 Å². The molecule has 1 saturated heterocycles. The molecule has 11 heteroatoms. The van der Waals surface area contributed by atoms with E-state index in [0.29, 0.717) is 33.9 Å². The van der Waals surface area contributed by atoms with E-state index in [4.69, 9.17) is 4.98 Å². The summed E-state index contributed by atoms with van der Waals surface area (Å²) in [5, 5.41) is 17.5. The maximum Gasteiger partial charge on any atom is 0.326 e. The molecule has 4 amide bonds. The second-order valence-corrected chi connectivity index (χ2v) is 9.11. The van der Waals surface area contributed by atoms with Crippen LogP contribution in [0.3, 0.4) is 0 Å². The van der Waals surface area contributed by atoms with Crippen molar-refractivity contribution in [3.8, 4) is 11.3 Å². The predicted molar refractivity (Wildman–Crippen MR) is 118 cm³/mol. The lowest BCUT2D eigenvalue weighted by Gasteiger charge is -2.09. The van der Waals surface area contributed by atoms with Gasteiger partial charge in [0.1, 0.15) is 11.5 Å². The van der Waals surface area contributed by atoms with E-state index >= 15 is 0 Å². The molecule has 3 aromatic heterocycles. The molecule has 162 valence electrons. The van der Waals surface area contributed by atoms with Crippen molar-refractivity contribution in [3.63, 3.8) is 0 Å². The van der Waals surface area contributed by atoms with E-state index in [9.17, 15) is 14.4 Å². The van der Waals surface area contributed by atoms with Crippen LogP contribution in [0.1, 0.15) is 40.9 Å². The van der Waals surface area contributed by atoms with Gasteiger partial charge in [-0.2, -0.15) is 9.61 Å². The van der Waals surface area contributed by atoms with Crippen molar-refractivity contribution < 1.29 is 14.4 Å². The smallest absolute Gasteiger partial charge is 0.326 e. The van der Waals surface area contributed by atoms with Crippen molar-refractivity contribution in [3.05, 3.63) is 39.8 Å². The first kappa shape index (κ1) is 19.0. The molecule has 0 unspecified atom stereocenters. The second kappa shape index (κ2) is 7.16. The lowest BCUT2D eigenvalue weighted by molar-refractivity contribution is -0.115. The fourth-order valence-electron chi connectivity index (χ4n) is 3.48. The quantitative estimate of drug-likeness (QED) is 0.337. The Morgan fingerprint density at radius 2 is 1.97 bits per heavy atom. The highest BCUT2D eigenvalue weighted by Crippen LogP contribution is 2.31. The minimum Gasteiger partial charge on any atom is -0.367 e. The van der Waals surface area contributed by atoms with Gasteiger partial charge in [0.25, 0.3) is 11.8 Å². The average Bonchev–Trinajstić information content (AvgIpc) is 3.63. The summed E-state index contributed by atoms with van der Waals surface area (Å²) in [7, 11) is 0. The molecule has 0 radical (unpaired) electrons. The Morgan fingerprint density at radius 3 is 2.69 bits per heavy atom. The fraction of sp³-hybridized carbons (Fsp3) is 0.286. The van der Waals surface area contributed by atoms with Gasteiger partial charge in [-0.3, -0.25) is 14.9 Å². The Kier molecular flexibility index (Phi) is 4.25. The molecule has 0 atom stereocenters. The number of urea groups is 1. The van der Waals surface area contributed by atoms with E-state index < -0.39 is 11.9 Å². The molecule has 3 aromatic rings. The van der Waals surface area contributed by atoms with Gasteiger partial charge >= 0.3 is 6.03 Å². The monoisotopic (exact) mass is 449 g/mol. The molecule has 6 rings (SSSR count). The normalized spacial score (nSPS) is 19.3. The van der Waals surface area contributed by atoms with Gasteiger partial charge in [0.2, 0.25) is 0 Å². The molecule has 0 bridgehead atoms. The molecule has 3 fully saturated rings. The Morgan fingerprint density at radius 1 is 1.16 bits per heavy atom. The lowest BCUT2D eigenvalue weighted by Crippen LogP contribution is -2.24. The highest BCUT2D eigenvalue weighted by atomic mass is 32.1. The molecule has 0 aromatic carbocycles. The maximum atomic E-state index is 12.4. The number of imide groups is 1. The van der Waals surface area contributed by atoms with Crippen LogP contribution in [-0.2, 0) is 4.79 Å². The van der Waals surface area contributed by atoms with E-state index in [0.717, 1.165) is 37.1 Å². The summed E-state index contributed by atoms with van der Waals surface area (Å²) in [5.74, 6) is 0.233. The molecular formula is C21H19N7O3S. The van der Waals surface area contributed by atoms with Gasteiger partial charge in [-0.15, -0.1) is 11.3 Å². The molecule has 10 nitrogen and oxygen atoms in total. The highest BCUT2D eigenvalue weighted by Gasteiger charge is 2.27. The van der Waals surface area contributed by atoms with Crippen LogP contribution in [0.2, 0.25) is 0 Å². The van der Waals surface area contributed by atoms with E-state index in [-0.39, 0.29) is 11.6 Å². The van der Waals surface area contributed by atoms with E-state index in [2.05, 4.69) is 26.4 Å². The van der Waals surface area contributed by atoms with Gasteiger partial charge in [0.15, 0.2) is 5.65 Å². The zero-order chi connectivity index (χ0) is 21.8. The van der Waals surface area contributed by atoms with Crippen LogP contribution in [0.5, 0.6) is 0 Å². The summed E-state index contributed by atoms with van der Waals surface area (Å²) in [4.78, 5) is 41.2. The molecule has 0 spiro atoms.